The summed E-state index contributed by atoms with van der Waals surface area (Å²) in [5.41, 5.74) is 1.04. The van der Waals surface area contributed by atoms with Crippen LogP contribution in [0.4, 0.5) is 0 Å². The third-order valence-electron chi connectivity index (χ3n) is 4.26. The fraction of sp³-hybridized carbons (Fsp3) is 0.471. The highest BCUT2D eigenvalue weighted by Crippen LogP contribution is 2.23. The van der Waals surface area contributed by atoms with Crippen molar-refractivity contribution in [3.05, 3.63) is 29.3 Å². The molecule has 1 fully saturated rings. The molecule has 0 unspecified atom stereocenters. The van der Waals surface area contributed by atoms with E-state index in [0.717, 1.165) is 29.8 Å². The molecular formula is C17H20N2O3S. The lowest BCUT2D eigenvalue weighted by Crippen LogP contribution is -2.29. The number of rotatable bonds is 6. The van der Waals surface area contributed by atoms with E-state index in [1.807, 2.05) is 18.2 Å². The number of unbranched alkanes of at least 4 members (excludes halogenated alkanes) is 1. The van der Waals surface area contributed by atoms with Crippen LogP contribution in [0.25, 0.3) is 10.2 Å². The standard InChI is InChI=1S/C17H20N2O3S/c20-16(19-10-9-12(11-19)17(21)22)8-4-3-7-15-18-13-5-1-2-6-14(13)23-15/h1-2,5-6,12H,3-4,7-11H2,(H,21,22)/t12-/m1/s1. The van der Waals surface area contributed by atoms with Gasteiger partial charge in [0.2, 0.25) is 5.91 Å². The summed E-state index contributed by atoms with van der Waals surface area (Å²) in [5, 5.41) is 10.1. The summed E-state index contributed by atoms with van der Waals surface area (Å²) >= 11 is 1.71. The van der Waals surface area contributed by atoms with Gasteiger partial charge in [0, 0.05) is 19.5 Å². The lowest BCUT2D eigenvalue weighted by molar-refractivity contribution is -0.141. The number of amides is 1. The number of carbonyl (C=O) groups is 2. The van der Waals surface area contributed by atoms with Gasteiger partial charge in [-0.05, 0) is 37.8 Å². The van der Waals surface area contributed by atoms with Crippen molar-refractivity contribution in [3.8, 4) is 0 Å². The molecule has 1 atom stereocenters. The molecule has 1 aliphatic rings. The van der Waals surface area contributed by atoms with Gasteiger partial charge in [0.15, 0.2) is 0 Å². The minimum atomic E-state index is -0.795. The van der Waals surface area contributed by atoms with Gasteiger partial charge in [-0.1, -0.05) is 12.1 Å². The number of carbonyl (C=O) groups excluding carboxylic acids is 1. The molecule has 0 spiro atoms. The second kappa shape index (κ2) is 7.08. The number of aryl methyl sites for hydroxylation is 1. The molecule has 1 aromatic carbocycles. The van der Waals surface area contributed by atoms with Gasteiger partial charge in [-0.3, -0.25) is 9.59 Å². The van der Waals surface area contributed by atoms with E-state index in [2.05, 4.69) is 11.1 Å². The van der Waals surface area contributed by atoms with Crippen molar-refractivity contribution in [2.75, 3.05) is 13.1 Å². The largest absolute Gasteiger partial charge is 0.481 e. The number of benzene rings is 1. The second-order valence-corrected chi connectivity index (χ2v) is 7.06. The molecule has 5 nitrogen and oxygen atoms in total. The van der Waals surface area contributed by atoms with E-state index in [4.69, 9.17) is 5.11 Å². The number of carboxylic acids is 1. The predicted molar refractivity (Wildman–Crippen MR) is 89.5 cm³/mol. The molecule has 1 aromatic heterocycles. The molecule has 122 valence electrons. The fourth-order valence-electron chi connectivity index (χ4n) is 2.93. The Morgan fingerprint density at radius 1 is 1.30 bits per heavy atom. The summed E-state index contributed by atoms with van der Waals surface area (Å²) in [4.78, 5) is 29.3. The summed E-state index contributed by atoms with van der Waals surface area (Å²) in [6.45, 7) is 0.944. The number of likely N-dealkylation sites (tertiary alicyclic amines) is 1. The molecule has 0 aliphatic carbocycles. The maximum atomic E-state index is 12.1. The number of fused-ring (bicyclic) bond motifs is 1. The van der Waals surface area contributed by atoms with Crippen molar-refractivity contribution in [2.24, 2.45) is 5.92 Å². The molecule has 1 N–H and O–H groups in total. The molecule has 2 heterocycles. The van der Waals surface area contributed by atoms with Gasteiger partial charge >= 0.3 is 5.97 Å². The number of thiazole rings is 1. The van der Waals surface area contributed by atoms with Crippen molar-refractivity contribution in [2.45, 2.75) is 32.1 Å². The molecule has 1 aliphatic heterocycles. The molecule has 1 saturated heterocycles. The van der Waals surface area contributed by atoms with Crippen LogP contribution in [0, 0.1) is 5.92 Å². The van der Waals surface area contributed by atoms with Crippen LogP contribution < -0.4 is 0 Å². The van der Waals surface area contributed by atoms with E-state index in [1.165, 1.54) is 4.70 Å². The topological polar surface area (TPSA) is 70.5 Å². The number of hydrogen-bond acceptors (Lipinski definition) is 4. The SMILES string of the molecule is O=C(O)[C@@H]1CCN(C(=O)CCCCc2nc3ccccc3s2)C1. The summed E-state index contributed by atoms with van der Waals surface area (Å²) < 4.78 is 1.20. The Hall–Kier alpha value is -1.95. The lowest BCUT2D eigenvalue weighted by Gasteiger charge is -2.15. The summed E-state index contributed by atoms with van der Waals surface area (Å²) in [6.07, 6.45) is 3.72. The van der Waals surface area contributed by atoms with Gasteiger partial charge < -0.3 is 10.0 Å². The van der Waals surface area contributed by atoms with Gasteiger partial charge in [0.25, 0.3) is 0 Å². The van der Waals surface area contributed by atoms with Gasteiger partial charge in [-0.15, -0.1) is 11.3 Å². The van der Waals surface area contributed by atoms with E-state index in [9.17, 15) is 9.59 Å². The Morgan fingerprint density at radius 2 is 2.13 bits per heavy atom. The third-order valence-corrected chi connectivity index (χ3v) is 5.36. The predicted octanol–water partition coefficient (Wildman–Crippen LogP) is 2.94. The minimum absolute atomic E-state index is 0.0815. The van der Waals surface area contributed by atoms with Crippen molar-refractivity contribution in [1.29, 1.82) is 0 Å². The van der Waals surface area contributed by atoms with Crippen LogP contribution in [-0.2, 0) is 16.0 Å². The Bertz CT molecular complexity index is 680. The number of aromatic nitrogens is 1. The third kappa shape index (κ3) is 3.88. The van der Waals surface area contributed by atoms with Crippen LogP contribution in [0.3, 0.4) is 0 Å². The quantitative estimate of drug-likeness (QED) is 0.826. The first kappa shape index (κ1) is 15.9. The van der Waals surface area contributed by atoms with Crippen molar-refractivity contribution >= 4 is 33.4 Å². The Balaban J connectivity index is 1.41. The Labute approximate surface area is 138 Å². The van der Waals surface area contributed by atoms with Gasteiger partial charge in [-0.25, -0.2) is 4.98 Å². The number of hydrogen-bond donors (Lipinski definition) is 1. The van der Waals surface area contributed by atoms with E-state index >= 15 is 0 Å². The monoisotopic (exact) mass is 332 g/mol. The number of nitrogens with zero attached hydrogens (tertiary/aromatic N) is 2. The first-order valence-corrected chi connectivity index (χ1v) is 8.80. The number of carboxylic acid groups (broad SMARTS) is 1. The maximum Gasteiger partial charge on any atom is 0.308 e. The highest BCUT2D eigenvalue weighted by atomic mass is 32.1. The average molecular weight is 332 g/mol. The van der Waals surface area contributed by atoms with Gasteiger partial charge in [0.05, 0.1) is 21.1 Å². The van der Waals surface area contributed by atoms with Crippen molar-refractivity contribution in [3.63, 3.8) is 0 Å². The maximum absolute atomic E-state index is 12.1. The van der Waals surface area contributed by atoms with Gasteiger partial charge in [-0.2, -0.15) is 0 Å². The zero-order valence-corrected chi connectivity index (χ0v) is 13.7. The lowest BCUT2D eigenvalue weighted by atomic mass is 10.1. The fourth-order valence-corrected chi connectivity index (χ4v) is 3.93. The normalized spacial score (nSPS) is 17.7. The van der Waals surface area contributed by atoms with E-state index < -0.39 is 5.97 Å². The van der Waals surface area contributed by atoms with E-state index in [1.54, 1.807) is 16.2 Å². The summed E-state index contributed by atoms with van der Waals surface area (Å²) in [5.74, 6) is -1.10. The molecule has 23 heavy (non-hydrogen) atoms. The van der Waals surface area contributed by atoms with Crippen LogP contribution >= 0.6 is 11.3 Å². The van der Waals surface area contributed by atoms with Gasteiger partial charge in [0.1, 0.15) is 0 Å². The molecule has 2 aromatic rings. The Morgan fingerprint density at radius 3 is 2.87 bits per heavy atom. The molecule has 0 saturated carbocycles. The minimum Gasteiger partial charge on any atom is -0.481 e. The van der Waals surface area contributed by atoms with E-state index in [-0.39, 0.29) is 11.8 Å². The second-order valence-electron chi connectivity index (χ2n) is 5.95. The molecule has 0 radical (unpaired) electrons. The summed E-state index contributed by atoms with van der Waals surface area (Å²) in [6, 6.07) is 8.10. The van der Waals surface area contributed by atoms with Crippen LogP contribution in [0.1, 0.15) is 30.7 Å². The molecule has 0 bridgehead atoms. The first-order chi connectivity index (χ1) is 11.1. The smallest absolute Gasteiger partial charge is 0.308 e. The first-order valence-electron chi connectivity index (χ1n) is 7.98. The number of aliphatic carboxylic acids is 1. The summed E-state index contributed by atoms with van der Waals surface area (Å²) in [7, 11) is 0. The van der Waals surface area contributed by atoms with Crippen LogP contribution in [0.2, 0.25) is 0 Å². The van der Waals surface area contributed by atoms with Crippen molar-refractivity contribution in [1.82, 2.24) is 9.88 Å². The highest BCUT2D eigenvalue weighted by molar-refractivity contribution is 7.18. The van der Waals surface area contributed by atoms with E-state index in [0.29, 0.717) is 25.9 Å². The molecule has 6 heteroatoms. The molecule has 3 rings (SSSR count). The van der Waals surface area contributed by atoms with Crippen molar-refractivity contribution < 1.29 is 14.7 Å². The number of para-hydroxylation sites is 1. The van der Waals surface area contributed by atoms with Crippen LogP contribution in [0.15, 0.2) is 24.3 Å². The highest BCUT2D eigenvalue weighted by Gasteiger charge is 2.30. The average Bonchev–Trinajstić information content (AvgIpc) is 3.17. The molecule has 1 amide bonds. The Kier molecular flexibility index (Phi) is 4.91. The van der Waals surface area contributed by atoms with Crippen LogP contribution in [0.5, 0.6) is 0 Å². The van der Waals surface area contributed by atoms with Crippen LogP contribution in [-0.4, -0.2) is 40.0 Å². The molecular weight excluding hydrogens is 312 g/mol. The zero-order valence-electron chi connectivity index (χ0n) is 12.9. The zero-order chi connectivity index (χ0) is 16.2.